The van der Waals surface area contributed by atoms with E-state index in [2.05, 4.69) is 66.5 Å². The Morgan fingerprint density at radius 1 is 1.18 bits per heavy atom. The highest BCUT2D eigenvalue weighted by Crippen LogP contribution is 2.40. The number of fused-ring (bicyclic) bond motifs is 3. The second kappa shape index (κ2) is 10.8. The van der Waals surface area contributed by atoms with Crippen LogP contribution in [0.1, 0.15) is 25.3 Å². The number of carbonyl (C=O) groups is 1. The molecule has 3 aromatic rings. The molecular weight excluding hydrogens is 496 g/mol. The fourth-order valence-electron chi connectivity index (χ4n) is 5.21. The molecule has 1 fully saturated rings. The monoisotopic (exact) mass is 534 g/mol. The highest BCUT2D eigenvalue weighted by Gasteiger charge is 2.29. The SMILES string of the molecule is C[C@@H]1C[C@H](Nc2ccc3c(c2)OCc2cc(-c4cnn(COCC[Si](C)(C)C)c4)ccc2-3)CCN1C(=O)O. The number of nitrogens with zero attached hydrogens (tertiary/aromatic N) is 3. The van der Waals surface area contributed by atoms with Crippen LogP contribution in [0.2, 0.25) is 25.7 Å². The summed E-state index contributed by atoms with van der Waals surface area (Å²) in [7, 11) is -1.09. The van der Waals surface area contributed by atoms with Crippen molar-refractivity contribution in [3.63, 3.8) is 0 Å². The molecule has 0 aliphatic carbocycles. The van der Waals surface area contributed by atoms with Gasteiger partial charge >= 0.3 is 6.09 Å². The van der Waals surface area contributed by atoms with Gasteiger partial charge in [0.15, 0.2) is 0 Å². The van der Waals surface area contributed by atoms with Gasteiger partial charge in [-0.15, -0.1) is 0 Å². The Morgan fingerprint density at radius 2 is 2.00 bits per heavy atom. The minimum atomic E-state index is -1.09. The molecule has 0 unspecified atom stereocenters. The van der Waals surface area contributed by atoms with Gasteiger partial charge in [-0.2, -0.15) is 5.10 Å². The van der Waals surface area contributed by atoms with Gasteiger partial charge in [-0.05, 0) is 60.7 Å². The van der Waals surface area contributed by atoms with Crippen LogP contribution in [0.4, 0.5) is 10.5 Å². The summed E-state index contributed by atoms with van der Waals surface area (Å²) >= 11 is 0. The Labute approximate surface area is 225 Å². The van der Waals surface area contributed by atoms with Gasteiger partial charge in [0.1, 0.15) is 19.1 Å². The Morgan fingerprint density at radius 3 is 2.76 bits per heavy atom. The van der Waals surface area contributed by atoms with Crippen LogP contribution in [-0.4, -0.2) is 59.2 Å². The Bertz CT molecular complexity index is 1300. The van der Waals surface area contributed by atoms with Gasteiger partial charge < -0.3 is 24.8 Å². The molecule has 202 valence electrons. The summed E-state index contributed by atoms with van der Waals surface area (Å²) < 4.78 is 13.9. The summed E-state index contributed by atoms with van der Waals surface area (Å²) in [5, 5.41) is 17.4. The predicted octanol–water partition coefficient (Wildman–Crippen LogP) is 6.36. The number of rotatable bonds is 8. The lowest BCUT2D eigenvalue weighted by molar-refractivity contribution is 0.0786. The quantitative estimate of drug-likeness (QED) is 0.258. The van der Waals surface area contributed by atoms with Crippen molar-refractivity contribution in [2.75, 3.05) is 18.5 Å². The second-order valence-corrected chi connectivity index (χ2v) is 17.3. The number of amides is 1. The van der Waals surface area contributed by atoms with Gasteiger partial charge in [-0.25, -0.2) is 9.48 Å². The first kappa shape index (κ1) is 26.3. The summed E-state index contributed by atoms with van der Waals surface area (Å²) in [6, 6.07) is 14.2. The summed E-state index contributed by atoms with van der Waals surface area (Å²) in [6.45, 7) is 11.3. The second-order valence-electron chi connectivity index (χ2n) is 11.7. The third-order valence-corrected chi connectivity index (χ3v) is 9.14. The smallest absolute Gasteiger partial charge is 0.407 e. The fraction of sp³-hybridized carbons (Fsp3) is 0.448. The predicted molar refractivity (Wildman–Crippen MR) is 152 cm³/mol. The summed E-state index contributed by atoms with van der Waals surface area (Å²) in [5.74, 6) is 0.870. The van der Waals surface area contributed by atoms with E-state index < -0.39 is 14.2 Å². The number of anilines is 1. The molecule has 2 N–H and O–H groups in total. The number of aromatic nitrogens is 2. The van der Waals surface area contributed by atoms with E-state index in [1.807, 2.05) is 24.0 Å². The molecule has 1 saturated heterocycles. The summed E-state index contributed by atoms with van der Waals surface area (Å²) in [5.41, 5.74) is 6.62. The Balaban J connectivity index is 1.23. The van der Waals surface area contributed by atoms with Gasteiger partial charge in [0.2, 0.25) is 0 Å². The summed E-state index contributed by atoms with van der Waals surface area (Å²) in [4.78, 5) is 12.9. The maximum Gasteiger partial charge on any atom is 0.407 e. The Hall–Kier alpha value is -3.30. The molecule has 0 spiro atoms. The Kier molecular flexibility index (Phi) is 7.49. The van der Waals surface area contributed by atoms with Crippen LogP contribution in [0.15, 0.2) is 48.8 Å². The zero-order valence-electron chi connectivity index (χ0n) is 22.7. The number of nitrogens with one attached hydrogen (secondary N) is 1. The standard InChI is InChI=1S/C29H38N4O4Si/c1-20-13-25(9-10-33(20)29(34)35)31-24-6-8-27-26-7-5-21(14-22(26)18-37-28(27)15-24)23-16-30-32(17-23)19-36-11-12-38(2,3)4/h5-8,14-17,20,25,31H,9-13,18-19H2,1-4H3,(H,34,35)/t20-,25-/m1/s1. The molecule has 5 rings (SSSR count). The third-order valence-electron chi connectivity index (χ3n) is 7.44. The zero-order valence-corrected chi connectivity index (χ0v) is 23.7. The van der Waals surface area contributed by atoms with Gasteiger partial charge in [0.05, 0.1) is 6.20 Å². The number of piperidine rings is 1. The molecule has 9 heteroatoms. The first-order valence-corrected chi connectivity index (χ1v) is 17.1. The van der Waals surface area contributed by atoms with Crippen LogP contribution in [0, 0.1) is 0 Å². The van der Waals surface area contributed by atoms with E-state index in [1.165, 1.54) is 10.5 Å². The van der Waals surface area contributed by atoms with Crippen molar-refractivity contribution in [1.82, 2.24) is 14.7 Å². The highest BCUT2D eigenvalue weighted by atomic mass is 28.3. The minimum absolute atomic E-state index is 0.00306. The lowest BCUT2D eigenvalue weighted by Gasteiger charge is -2.36. The molecule has 0 radical (unpaired) electrons. The number of hydrogen-bond donors (Lipinski definition) is 2. The number of ether oxygens (including phenoxy) is 2. The number of likely N-dealkylation sites (tertiary alicyclic amines) is 1. The summed E-state index contributed by atoms with van der Waals surface area (Å²) in [6.07, 6.45) is 4.67. The average Bonchev–Trinajstić information content (AvgIpc) is 3.34. The first-order chi connectivity index (χ1) is 18.2. The van der Waals surface area contributed by atoms with Crippen molar-refractivity contribution in [2.45, 2.75) is 70.9 Å². The van der Waals surface area contributed by atoms with E-state index in [4.69, 9.17) is 9.47 Å². The topological polar surface area (TPSA) is 88.9 Å². The third kappa shape index (κ3) is 6.05. The molecule has 0 saturated carbocycles. The van der Waals surface area contributed by atoms with Crippen LogP contribution in [0.3, 0.4) is 0 Å². The van der Waals surface area contributed by atoms with Crippen molar-refractivity contribution in [1.29, 1.82) is 0 Å². The maximum atomic E-state index is 11.4. The van der Waals surface area contributed by atoms with Crippen LogP contribution in [-0.2, 0) is 18.1 Å². The van der Waals surface area contributed by atoms with Gasteiger partial charge in [-0.1, -0.05) is 31.8 Å². The molecule has 2 atom stereocenters. The van der Waals surface area contributed by atoms with E-state index in [1.54, 1.807) is 0 Å². The van der Waals surface area contributed by atoms with E-state index >= 15 is 0 Å². The average molecular weight is 535 g/mol. The molecule has 0 bridgehead atoms. The largest absolute Gasteiger partial charge is 0.488 e. The molecule has 8 nitrogen and oxygen atoms in total. The number of benzene rings is 2. The van der Waals surface area contributed by atoms with Crippen molar-refractivity contribution >= 4 is 19.9 Å². The molecule has 2 aliphatic heterocycles. The van der Waals surface area contributed by atoms with Gasteiger partial charge in [0, 0.05) is 62.4 Å². The molecule has 1 amide bonds. The zero-order chi connectivity index (χ0) is 26.9. The number of hydrogen-bond acceptors (Lipinski definition) is 5. The molecular formula is C29H38N4O4Si. The minimum Gasteiger partial charge on any atom is -0.488 e. The van der Waals surface area contributed by atoms with Crippen LogP contribution in [0.25, 0.3) is 22.3 Å². The van der Waals surface area contributed by atoms with Crippen molar-refractivity contribution in [3.05, 3.63) is 54.4 Å². The van der Waals surface area contributed by atoms with Crippen molar-refractivity contribution in [2.24, 2.45) is 0 Å². The fourth-order valence-corrected chi connectivity index (χ4v) is 5.96. The van der Waals surface area contributed by atoms with Gasteiger partial charge in [-0.3, -0.25) is 0 Å². The van der Waals surface area contributed by atoms with Crippen LogP contribution >= 0.6 is 0 Å². The van der Waals surface area contributed by atoms with E-state index in [-0.39, 0.29) is 12.1 Å². The van der Waals surface area contributed by atoms with Crippen molar-refractivity contribution in [3.8, 4) is 28.0 Å². The van der Waals surface area contributed by atoms with E-state index in [0.29, 0.717) is 19.9 Å². The van der Waals surface area contributed by atoms with Crippen LogP contribution < -0.4 is 10.1 Å². The van der Waals surface area contributed by atoms with E-state index in [9.17, 15) is 9.90 Å². The molecule has 1 aromatic heterocycles. The molecule has 3 heterocycles. The lowest BCUT2D eigenvalue weighted by Crippen LogP contribution is -2.47. The molecule has 2 aliphatic rings. The van der Waals surface area contributed by atoms with Crippen LogP contribution in [0.5, 0.6) is 5.75 Å². The van der Waals surface area contributed by atoms with Crippen molar-refractivity contribution < 1.29 is 19.4 Å². The van der Waals surface area contributed by atoms with Gasteiger partial charge in [0.25, 0.3) is 0 Å². The normalized spacial score (nSPS) is 18.9. The first-order valence-electron chi connectivity index (χ1n) is 13.4. The molecule has 38 heavy (non-hydrogen) atoms. The lowest BCUT2D eigenvalue weighted by atomic mass is 9.93. The highest BCUT2D eigenvalue weighted by molar-refractivity contribution is 6.76. The number of carboxylic acid groups (broad SMARTS) is 1. The van der Waals surface area contributed by atoms with E-state index in [0.717, 1.165) is 59.2 Å². The molecule has 2 aromatic carbocycles. The maximum absolute atomic E-state index is 11.4.